The molecular formula is C4H7O2Ti-. The molecule has 0 radical (unpaired) electrons. The third-order valence-electron chi connectivity index (χ3n) is 0.379. The smallest absolute Gasteiger partial charge is 0.163 e. The quantitative estimate of drug-likeness (QED) is 0.446. The molecule has 0 heterocycles. The zero-order valence-corrected chi connectivity index (χ0v) is 5.70. The molecule has 0 unspecified atom stereocenters. The van der Waals surface area contributed by atoms with Gasteiger partial charge in [0.2, 0.25) is 0 Å². The molecule has 2 nitrogen and oxygen atoms in total. The van der Waals surface area contributed by atoms with Crippen molar-refractivity contribution < 1.29 is 31.6 Å². The summed E-state index contributed by atoms with van der Waals surface area (Å²) in [5.41, 5.74) is 0. The Hall–Kier alpha value is 0.0543. The average molecular weight is 135 g/mol. The predicted octanol–water partition coefficient (Wildman–Crippen LogP) is 0.683. The Labute approximate surface area is 57.8 Å². The van der Waals surface area contributed by atoms with E-state index in [0.717, 1.165) is 0 Å². The van der Waals surface area contributed by atoms with Crippen molar-refractivity contribution in [1.82, 2.24) is 0 Å². The maximum absolute atomic E-state index is 9.54. The molecule has 0 atom stereocenters. The third kappa shape index (κ3) is 10.7. The van der Waals surface area contributed by atoms with Crippen LogP contribution in [-0.2, 0) is 26.5 Å². The van der Waals surface area contributed by atoms with Gasteiger partial charge in [-0.3, -0.25) is 11.2 Å². The summed E-state index contributed by atoms with van der Waals surface area (Å²) in [5, 5.41) is 7.86. The summed E-state index contributed by atoms with van der Waals surface area (Å²) in [6.07, 6.45) is 1.81. The molecule has 0 saturated carbocycles. The molecule has 7 heavy (non-hydrogen) atoms. The Balaban J connectivity index is 0. The Morgan fingerprint density at radius 2 is 2.29 bits per heavy atom. The van der Waals surface area contributed by atoms with Gasteiger partial charge in [-0.2, -0.15) is 6.42 Å². The van der Waals surface area contributed by atoms with Crippen molar-refractivity contribution in [3.63, 3.8) is 0 Å². The normalized spacial score (nSPS) is 6.43. The van der Waals surface area contributed by atoms with Crippen molar-refractivity contribution in [2.75, 3.05) is 0 Å². The van der Waals surface area contributed by atoms with Gasteiger partial charge in [-0.1, -0.05) is 6.92 Å². The van der Waals surface area contributed by atoms with Crippen LogP contribution in [0.1, 0.15) is 13.3 Å². The van der Waals surface area contributed by atoms with Crippen LogP contribution in [-0.4, -0.2) is 11.1 Å². The average Bonchev–Trinajstić information content (AvgIpc) is 1.35. The summed E-state index contributed by atoms with van der Waals surface area (Å²) in [4.78, 5) is 9.54. The molecule has 0 aromatic rings. The van der Waals surface area contributed by atoms with Gasteiger partial charge in [0.25, 0.3) is 0 Å². The standard InChI is InChI=1S/C4H7O2.Ti/c1-2-3-4(5)6;/h3H,2H2,1H3,(H,5,6);/q-1;. The van der Waals surface area contributed by atoms with E-state index >= 15 is 0 Å². The molecule has 3 heteroatoms. The van der Waals surface area contributed by atoms with Gasteiger partial charge in [-0.15, -0.1) is 0 Å². The Kier molecular flexibility index (Phi) is 8.75. The minimum Gasteiger partial charge on any atom is -0.503 e. The van der Waals surface area contributed by atoms with E-state index in [1.54, 1.807) is 6.92 Å². The van der Waals surface area contributed by atoms with Crippen LogP contribution in [0.2, 0.25) is 0 Å². The third-order valence-corrected chi connectivity index (χ3v) is 0.379. The number of hydrogen-bond acceptors (Lipinski definition) is 1. The maximum atomic E-state index is 9.54. The molecule has 0 aromatic heterocycles. The zero-order chi connectivity index (χ0) is 4.99. The van der Waals surface area contributed by atoms with E-state index in [4.69, 9.17) is 5.11 Å². The van der Waals surface area contributed by atoms with E-state index < -0.39 is 5.97 Å². The SMILES string of the molecule is CC[CH-]C(=O)O.[Ti]. The predicted molar refractivity (Wildman–Crippen MR) is 22.2 cm³/mol. The van der Waals surface area contributed by atoms with Crippen LogP contribution >= 0.6 is 0 Å². The fourth-order valence-electron chi connectivity index (χ4n) is 0.175. The largest absolute Gasteiger partial charge is 0.503 e. The Bertz CT molecular complexity index is 53.7. The topological polar surface area (TPSA) is 37.3 Å². The van der Waals surface area contributed by atoms with Crippen molar-refractivity contribution in [1.29, 1.82) is 0 Å². The minimum atomic E-state index is -0.836. The number of aliphatic carboxylic acids is 1. The van der Waals surface area contributed by atoms with Crippen molar-refractivity contribution in [2.45, 2.75) is 13.3 Å². The van der Waals surface area contributed by atoms with Crippen molar-refractivity contribution in [3.8, 4) is 0 Å². The molecule has 0 aromatic carbocycles. The van der Waals surface area contributed by atoms with Crippen LogP contribution in [0.15, 0.2) is 0 Å². The fourth-order valence-corrected chi connectivity index (χ4v) is 0.175. The summed E-state index contributed by atoms with van der Waals surface area (Å²) >= 11 is 0. The van der Waals surface area contributed by atoms with Gasteiger partial charge in [-0.05, 0) is 0 Å². The van der Waals surface area contributed by atoms with E-state index in [-0.39, 0.29) is 21.7 Å². The monoisotopic (exact) mass is 135 g/mol. The Morgan fingerprint density at radius 3 is 2.29 bits per heavy atom. The number of carboxylic acids is 1. The van der Waals surface area contributed by atoms with Gasteiger partial charge in [0.1, 0.15) is 0 Å². The van der Waals surface area contributed by atoms with Crippen LogP contribution in [0.5, 0.6) is 0 Å². The zero-order valence-electron chi connectivity index (χ0n) is 4.14. The van der Waals surface area contributed by atoms with Gasteiger partial charge < -0.3 is 5.11 Å². The van der Waals surface area contributed by atoms with E-state index in [9.17, 15) is 4.79 Å². The first-order valence-corrected chi connectivity index (χ1v) is 1.83. The molecule has 0 rings (SSSR count). The molecule has 0 saturated heterocycles. The van der Waals surface area contributed by atoms with Crippen molar-refractivity contribution in [2.24, 2.45) is 0 Å². The van der Waals surface area contributed by atoms with Crippen molar-refractivity contribution >= 4 is 5.97 Å². The number of hydrogen-bond donors (Lipinski definition) is 1. The van der Waals surface area contributed by atoms with Crippen LogP contribution in [0.3, 0.4) is 0 Å². The van der Waals surface area contributed by atoms with Gasteiger partial charge in [0.05, 0.1) is 0 Å². The van der Waals surface area contributed by atoms with Crippen LogP contribution in [0.4, 0.5) is 0 Å². The molecule has 0 amide bonds. The second-order valence-corrected chi connectivity index (χ2v) is 0.951. The number of carboxylic acid groups (broad SMARTS) is 1. The maximum Gasteiger partial charge on any atom is 0.163 e. The molecular weight excluding hydrogens is 128 g/mol. The van der Waals surface area contributed by atoms with E-state index in [0.29, 0.717) is 6.42 Å². The van der Waals surface area contributed by atoms with E-state index in [2.05, 4.69) is 0 Å². The summed E-state index contributed by atoms with van der Waals surface area (Å²) < 4.78 is 0. The summed E-state index contributed by atoms with van der Waals surface area (Å²) in [7, 11) is 0. The van der Waals surface area contributed by atoms with E-state index in [1.165, 1.54) is 6.42 Å². The second-order valence-electron chi connectivity index (χ2n) is 0.951. The van der Waals surface area contributed by atoms with Crippen molar-refractivity contribution in [3.05, 3.63) is 6.42 Å². The molecule has 0 spiro atoms. The van der Waals surface area contributed by atoms with Gasteiger partial charge in [0.15, 0.2) is 5.97 Å². The molecule has 0 fully saturated rings. The Morgan fingerprint density at radius 1 is 1.86 bits per heavy atom. The molecule has 0 aliphatic heterocycles. The van der Waals surface area contributed by atoms with Gasteiger partial charge >= 0.3 is 0 Å². The molecule has 0 aliphatic rings. The number of carbonyl (C=O) groups is 1. The first-order chi connectivity index (χ1) is 2.77. The molecule has 1 N–H and O–H groups in total. The molecule has 40 valence electrons. The first kappa shape index (κ1) is 10.1. The van der Waals surface area contributed by atoms with Crippen LogP contribution < -0.4 is 0 Å². The molecule has 0 aliphatic carbocycles. The number of rotatable bonds is 2. The summed E-state index contributed by atoms with van der Waals surface area (Å²) in [5.74, 6) is -0.836. The van der Waals surface area contributed by atoms with Crippen LogP contribution in [0, 0.1) is 6.42 Å². The molecule has 0 bridgehead atoms. The summed E-state index contributed by atoms with van der Waals surface area (Å²) in [6, 6.07) is 0. The second kappa shape index (κ2) is 6.05. The first-order valence-electron chi connectivity index (χ1n) is 1.83. The fraction of sp³-hybridized carbons (Fsp3) is 0.500. The van der Waals surface area contributed by atoms with Crippen LogP contribution in [0.25, 0.3) is 0 Å². The van der Waals surface area contributed by atoms with E-state index in [1.807, 2.05) is 0 Å². The summed E-state index contributed by atoms with van der Waals surface area (Å²) in [6.45, 7) is 1.79. The van der Waals surface area contributed by atoms with Gasteiger partial charge in [0, 0.05) is 21.7 Å². The minimum absolute atomic E-state index is 0. The van der Waals surface area contributed by atoms with Gasteiger partial charge in [-0.25, -0.2) is 0 Å².